The summed E-state index contributed by atoms with van der Waals surface area (Å²) >= 11 is 0. The third kappa shape index (κ3) is 2.38. The minimum absolute atomic E-state index is 0.0424. The number of amides is 1. The van der Waals surface area contributed by atoms with Crippen LogP contribution in [0.4, 0.5) is 5.95 Å². The molecule has 5 nitrogen and oxygen atoms in total. The van der Waals surface area contributed by atoms with Crippen molar-refractivity contribution in [1.29, 1.82) is 0 Å². The summed E-state index contributed by atoms with van der Waals surface area (Å²) in [4.78, 5) is 17.3. The fourth-order valence-corrected chi connectivity index (χ4v) is 0.633. The summed E-state index contributed by atoms with van der Waals surface area (Å²) in [6.45, 7) is 0.0424. The molecule has 0 fully saturated rings. The number of aromatic nitrogens is 2. The van der Waals surface area contributed by atoms with Crippen molar-refractivity contribution in [3.8, 4) is 0 Å². The summed E-state index contributed by atoms with van der Waals surface area (Å²) in [6, 6.07) is 0. The Kier molecular flexibility index (Phi) is 2.62. The number of ether oxygens (including phenoxy) is 1. The molecule has 0 saturated carbocycles. The number of methoxy groups -OCH3 is 1. The van der Waals surface area contributed by atoms with Crippen LogP contribution in [0.2, 0.25) is 0 Å². The van der Waals surface area contributed by atoms with Crippen LogP contribution in [0.3, 0.4) is 0 Å². The summed E-state index contributed by atoms with van der Waals surface area (Å²) in [6.07, 6.45) is 3.19. The number of nitrogens with one attached hydrogen (secondary N) is 2. The van der Waals surface area contributed by atoms with Crippen LogP contribution in [0.25, 0.3) is 0 Å². The number of rotatable bonds is 3. The van der Waals surface area contributed by atoms with Crippen molar-refractivity contribution < 1.29 is 9.53 Å². The molecule has 1 aromatic heterocycles. The van der Waals surface area contributed by atoms with Gasteiger partial charge >= 0.3 is 0 Å². The molecule has 0 saturated heterocycles. The number of H-pyrrole nitrogens is 1. The zero-order chi connectivity index (χ0) is 8.10. The minimum atomic E-state index is -0.220. The van der Waals surface area contributed by atoms with Gasteiger partial charge in [0.1, 0.15) is 6.61 Å². The van der Waals surface area contributed by atoms with E-state index in [0.29, 0.717) is 5.95 Å². The van der Waals surface area contributed by atoms with Gasteiger partial charge in [0, 0.05) is 19.5 Å². The van der Waals surface area contributed by atoms with Crippen LogP contribution in [-0.4, -0.2) is 29.6 Å². The molecule has 0 unspecified atom stereocenters. The molecule has 11 heavy (non-hydrogen) atoms. The molecule has 0 aromatic carbocycles. The lowest BCUT2D eigenvalue weighted by molar-refractivity contribution is -0.119. The van der Waals surface area contributed by atoms with E-state index in [1.165, 1.54) is 7.11 Å². The second-order valence-electron chi connectivity index (χ2n) is 1.92. The van der Waals surface area contributed by atoms with E-state index in [2.05, 4.69) is 20.0 Å². The monoisotopic (exact) mass is 155 g/mol. The van der Waals surface area contributed by atoms with Gasteiger partial charge in [-0.3, -0.25) is 10.1 Å². The predicted octanol–water partition coefficient (Wildman–Crippen LogP) is -0.00540. The van der Waals surface area contributed by atoms with Crippen molar-refractivity contribution in [2.75, 3.05) is 19.0 Å². The smallest absolute Gasteiger partial charge is 0.252 e. The van der Waals surface area contributed by atoms with Crippen LogP contribution in [0.15, 0.2) is 12.4 Å². The molecule has 0 aliphatic carbocycles. The van der Waals surface area contributed by atoms with Crippen LogP contribution in [0.1, 0.15) is 0 Å². The second-order valence-corrected chi connectivity index (χ2v) is 1.92. The second kappa shape index (κ2) is 3.72. The average molecular weight is 155 g/mol. The first-order valence-electron chi connectivity index (χ1n) is 3.11. The number of anilines is 1. The summed E-state index contributed by atoms with van der Waals surface area (Å²) in [5.74, 6) is 0.217. The van der Waals surface area contributed by atoms with Gasteiger partial charge in [0.2, 0.25) is 5.95 Å². The van der Waals surface area contributed by atoms with Gasteiger partial charge in [-0.15, -0.1) is 0 Å². The van der Waals surface area contributed by atoms with Gasteiger partial charge in [-0.1, -0.05) is 0 Å². The Morgan fingerprint density at radius 1 is 1.91 bits per heavy atom. The lowest BCUT2D eigenvalue weighted by Crippen LogP contribution is -2.17. The molecule has 1 aromatic rings. The van der Waals surface area contributed by atoms with E-state index in [0.717, 1.165) is 0 Å². The van der Waals surface area contributed by atoms with Gasteiger partial charge < -0.3 is 9.72 Å². The van der Waals surface area contributed by atoms with Crippen molar-refractivity contribution in [3.05, 3.63) is 12.4 Å². The Labute approximate surface area is 63.8 Å². The van der Waals surface area contributed by atoms with E-state index in [-0.39, 0.29) is 12.5 Å². The third-order valence-electron chi connectivity index (χ3n) is 1.03. The van der Waals surface area contributed by atoms with Crippen LogP contribution in [-0.2, 0) is 9.53 Å². The topological polar surface area (TPSA) is 67.0 Å². The summed E-state index contributed by atoms with van der Waals surface area (Å²) in [5, 5.41) is 2.49. The van der Waals surface area contributed by atoms with Gasteiger partial charge in [0.25, 0.3) is 5.91 Å². The number of hydrogen-bond donors (Lipinski definition) is 2. The molecule has 5 heteroatoms. The molecule has 0 spiro atoms. The number of nitrogens with zero attached hydrogens (tertiary/aromatic N) is 1. The number of imidazole rings is 1. The Morgan fingerprint density at radius 2 is 2.73 bits per heavy atom. The van der Waals surface area contributed by atoms with E-state index in [9.17, 15) is 4.79 Å². The summed E-state index contributed by atoms with van der Waals surface area (Å²) in [7, 11) is 1.46. The molecule has 1 amide bonds. The van der Waals surface area contributed by atoms with Gasteiger partial charge in [-0.05, 0) is 0 Å². The van der Waals surface area contributed by atoms with Crippen LogP contribution in [0.5, 0.6) is 0 Å². The van der Waals surface area contributed by atoms with Crippen LogP contribution < -0.4 is 5.32 Å². The Balaban J connectivity index is 2.37. The fraction of sp³-hybridized carbons (Fsp3) is 0.333. The van der Waals surface area contributed by atoms with E-state index in [4.69, 9.17) is 0 Å². The molecule has 0 aliphatic heterocycles. The predicted molar refractivity (Wildman–Crippen MR) is 39.1 cm³/mol. The number of aromatic amines is 1. The average Bonchev–Trinajstić information content (AvgIpc) is 2.40. The van der Waals surface area contributed by atoms with Crippen LogP contribution in [0, 0.1) is 0 Å². The molecular weight excluding hydrogens is 146 g/mol. The van der Waals surface area contributed by atoms with E-state index >= 15 is 0 Å². The normalized spacial score (nSPS) is 9.55. The first-order chi connectivity index (χ1) is 5.33. The van der Waals surface area contributed by atoms with E-state index < -0.39 is 0 Å². The lowest BCUT2D eigenvalue weighted by atomic mass is 10.6. The molecule has 0 aliphatic rings. The maximum atomic E-state index is 10.8. The zero-order valence-corrected chi connectivity index (χ0v) is 6.13. The molecule has 1 heterocycles. The van der Waals surface area contributed by atoms with Crippen molar-refractivity contribution in [2.24, 2.45) is 0 Å². The minimum Gasteiger partial charge on any atom is -0.375 e. The van der Waals surface area contributed by atoms with Gasteiger partial charge in [0.05, 0.1) is 0 Å². The summed E-state index contributed by atoms with van der Waals surface area (Å²) < 4.78 is 4.60. The quantitative estimate of drug-likeness (QED) is 0.645. The highest BCUT2D eigenvalue weighted by molar-refractivity contribution is 5.89. The zero-order valence-electron chi connectivity index (χ0n) is 6.13. The van der Waals surface area contributed by atoms with Crippen molar-refractivity contribution in [1.82, 2.24) is 9.97 Å². The molecule has 0 bridgehead atoms. The highest BCUT2D eigenvalue weighted by Crippen LogP contribution is 1.93. The Hall–Kier alpha value is -1.36. The molecule has 60 valence electrons. The molecule has 0 radical (unpaired) electrons. The maximum absolute atomic E-state index is 10.8. The van der Waals surface area contributed by atoms with Gasteiger partial charge in [0.15, 0.2) is 0 Å². The Bertz CT molecular complexity index is 220. The van der Waals surface area contributed by atoms with Crippen LogP contribution >= 0.6 is 0 Å². The standard InChI is InChI=1S/C6H9N3O2/c1-11-4-5(10)9-6-7-2-3-8-6/h2-3H,4H2,1H3,(H2,7,8,9,10). The highest BCUT2D eigenvalue weighted by Gasteiger charge is 2.00. The van der Waals surface area contributed by atoms with E-state index in [1.54, 1.807) is 12.4 Å². The van der Waals surface area contributed by atoms with Crippen molar-refractivity contribution in [3.63, 3.8) is 0 Å². The molecular formula is C6H9N3O2. The third-order valence-corrected chi connectivity index (χ3v) is 1.03. The number of carbonyl (C=O) groups excluding carboxylic acids is 1. The molecule has 2 N–H and O–H groups in total. The van der Waals surface area contributed by atoms with Crippen molar-refractivity contribution >= 4 is 11.9 Å². The number of carbonyl (C=O) groups is 1. The summed E-state index contributed by atoms with van der Waals surface area (Å²) in [5.41, 5.74) is 0. The maximum Gasteiger partial charge on any atom is 0.252 e. The first-order valence-corrected chi connectivity index (χ1v) is 3.11. The SMILES string of the molecule is COCC(=O)Nc1ncc[nH]1. The highest BCUT2D eigenvalue weighted by atomic mass is 16.5. The van der Waals surface area contributed by atoms with E-state index in [1.807, 2.05) is 0 Å². The lowest BCUT2D eigenvalue weighted by Gasteiger charge is -1.98. The fourth-order valence-electron chi connectivity index (χ4n) is 0.633. The Morgan fingerprint density at radius 3 is 3.27 bits per heavy atom. The number of hydrogen-bond acceptors (Lipinski definition) is 3. The van der Waals surface area contributed by atoms with Gasteiger partial charge in [-0.25, -0.2) is 4.98 Å². The molecule has 1 rings (SSSR count). The largest absolute Gasteiger partial charge is 0.375 e. The van der Waals surface area contributed by atoms with Gasteiger partial charge in [-0.2, -0.15) is 0 Å². The first kappa shape index (κ1) is 7.74. The van der Waals surface area contributed by atoms with Crippen molar-refractivity contribution in [2.45, 2.75) is 0 Å². The molecule has 0 atom stereocenters.